The number of nitrogens with zero attached hydrogens (tertiary/aromatic N) is 3. The summed E-state index contributed by atoms with van der Waals surface area (Å²) >= 11 is 0. The number of halogens is 1. The van der Waals surface area contributed by atoms with Crippen LogP contribution in [0, 0.1) is 5.82 Å². The third-order valence-corrected chi connectivity index (χ3v) is 7.23. The van der Waals surface area contributed by atoms with E-state index in [1.54, 1.807) is 33.0 Å². The molecule has 0 radical (unpaired) electrons. The van der Waals surface area contributed by atoms with Gasteiger partial charge in [0.05, 0.1) is 10.5 Å². The van der Waals surface area contributed by atoms with Crippen molar-refractivity contribution in [1.82, 2.24) is 15.1 Å². The maximum absolute atomic E-state index is 13.0. The van der Waals surface area contributed by atoms with Crippen LogP contribution in [0.3, 0.4) is 0 Å². The molecule has 0 saturated carbocycles. The van der Waals surface area contributed by atoms with Gasteiger partial charge in [0.15, 0.2) is 15.8 Å². The summed E-state index contributed by atoms with van der Waals surface area (Å²) in [5.41, 5.74) is 1.06. The van der Waals surface area contributed by atoms with Gasteiger partial charge in [0, 0.05) is 39.8 Å². The molecule has 0 unspecified atom stereocenters. The first kappa shape index (κ1) is 20.6. The van der Waals surface area contributed by atoms with E-state index in [2.05, 4.69) is 15.2 Å². The van der Waals surface area contributed by atoms with E-state index in [0.29, 0.717) is 19.6 Å². The Labute approximate surface area is 156 Å². The van der Waals surface area contributed by atoms with Gasteiger partial charge in [-0.25, -0.2) is 12.8 Å². The number of guanidine groups is 1. The highest BCUT2D eigenvalue weighted by Gasteiger charge is 2.40. The molecule has 0 aromatic heterocycles. The zero-order valence-corrected chi connectivity index (χ0v) is 16.8. The van der Waals surface area contributed by atoms with E-state index < -0.39 is 14.6 Å². The molecule has 8 heteroatoms. The Hall–Kier alpha value is -1.67. The van der Waals surface area contributed by atoms with E-state index in [0.717, 1.165) is 24.6 Å². The molecule has 0 amide bonds. The van der Waals surface area contributed by atoms with Crippen molar-refractivity contribution in [1.29, 1.82) is 0 Å². The SMILES string of the molecule is CN=C(NCCN(C)Cc1ccc(F)cc1)N1CCS(=O)(=O)C(C)(C)C1. The molecule has 0 aliphatic carbocycles. The fourth-order valence-electron chi connectivity index (χ4n) is 3.00. The summed E-state index contributed by atoms with van der Waals surface area (Å²) < 4.78 is 36.5. The van der Waals surface area contributed by atoms with E-state index in [1.807, 2.05) is 11.9 Å². The lowest BCUT2D eigenvalue weighted by atomic mass is 10.2. The molecule has 146 valence electrons. The van der Waals surface area contributed by atoms with Crippen LogP contribution in [-0.2, 0) is 16.4 Å². The molecule has 0 spiro atoms. The van der Waals surface area contributed by atoms with Crippen molar-refractivity contribution in [2.75, 3.05) is 46.0 Å². The van der Waals surface area contributed by atoms with Crippen LogP contribution in [0.15, 0.2) is 29.3 Å². The molecule has 1 aliphatic heterocycles. The van der Waals surface area contributed by atoms with Crippen LogP contribution in [-0.4, -0.2) is 75.0 Å². The molecule has 1 aromatic carbocycles. The van der Waals surface area contributed by atoms with E-state index in [1.165, 1.54) is 12.1 Å². The van der Waals surface area contributed by atoms with Crippen molar-refractivity contribution in [2.45, 2.75) is 25.1 Å². The van der Waals surface area contributed by atoms with E-state index in [4.69, 9.17) is 0 Å². The standard InChI is InChI=1S/C18H29FN4O2S/c1-18(2)14-23(11-12-26(18,24)25)17(20-3)21-9-10-22(4)13-15-5-7-16(19)8-6-15/h5-8H,9-14H2,1-4H3,(H,20,21). The summed E-state index contributed by atoms with van der Waals surface area (Å²) in [5.74, 6) is 0.641. The molecule has 1 aliphatic rings. The number of likely N-dealkylation sites (N-methyl/N-ethyl adjacent to an activating group) is 1. The summed E-state index contributed by atoms with van der Waals surface area (Å²) in [4.78, 5) is 8.43. The first-order chi connectivity index (χ1) is 12.1. The normalized spacial score (nSPS) is 19.6. The van der Waals surface area contributed by atoms with Gasteiger partial charge in [0.2, 0.25) is 0 Å². The lowest BCUT2D eigenvalue weighted by molar-refractivity contribution is 0.321. The van der Waals surface area contributed by atoms with E-state index in [-0.39, 0.29) is 11.6 Å². The molecular weight excluding hydrogens is 355 g/mol. The fraction of sp³-hybridized carbons (Fsp3) is 0.611. The first-order valence-electron chi connectivity index (χ1n) is 8.75. The largest absolute Gasteiger partial charge is 0.355 e. The average molecular weight is 385 g/mol. The lowest BCUT2D eigenvalue weighted by Gasteiger charge is -2.39. The monoisotopic (exact) mass is 384 g/mol. The molecule has 0 bridgehead atoms. The second-order valence-electron chi connectivity index (χ2n) is 7.34. The van der Waals surface area contributed by atoms with Gasteiger partial charge in [-0.2, -0.15) is 0 Å². The molecule has 26 heavy (non-hydrogen) atoms. The number of hydrogen-bond acceptors (Lipinski definition) is 4. The Balaban J connectivity index is 1.83. The Morgan fingerprint density at radius 1 is 1.35 bits per heavy atom. The molecule has 0 atom stereocenters. The van der Waals surface area contributed by atoms with Crippen LogP contribution in [0.4, 0.5) is 4.39 Å². The summed E-state index contributed by atoms with van der Waals surface area (Å²) in [6.45, 7) is 6.61. The molecule has 2 rings (SSSR count). The topological polar surface area (TPSA) is 65.0 Å². The molecular formula is C18H29FN4O2S. The zero-order valence-electron chi connectivity index (χ0n) is 16.0. The van der Waals surface area contributed by atoms with Gasteiger partial charge in [-0.1, -0.05) is 12.1 Å². The number of nitrogens with one attached hydrogen (secondary N) is 1. The molecule has 6 nitrogen and oxygen atoms in total. The summed E-state index contributed by atoms with van der Waals surface area (Å²) in [6.07, 6.45) is 0. The predicted octanol–water partition coefficient (Wildman–Crippen LogP) is 1.34. The minimum atomic E-state index is -3.07. The number of aliphatic imine (C=N–C) groups is 1. The van der Waals surface area contributed by atoms with Crippen molar-refractivity contribution >= 4 is 15.8 Å². The highest BCUT2D eigenvalue weighted by molar-refractivity contribution is 7.92. The zero-order chi connectivity index (χ0) is 19.4. The lowest BCUT2D eigenvalue weighted by Crippen LogP contribution is -2.57. The maximum atomic E-state index is 13.0. The van der Waals surface area contributed by atoms with Crippen LogP contribution in [0.1, 0.15) is 19.4 Å². The fourth-order valence-corrected chi connectivity index (χ4v) is 4.36. The second kappa shape index (κ2) is 8.35. The van der Waals surface area contributed by atoms with E-state index >= 15 is 0 Å². The minimum Gasteiger partial charge on any atom is -0.355 e. The first-order valence-corrected chi connectivity index (χ1v) is 10.4. The Morgan fingerprint density at radius 2 is 2.00 bits per heavy atom. The number of sulfone groups is 1. The van der Waals surface area contributed by atoms with Crippen molar-refractivity contribution in [3.8, 4) is 0 Å². The smallest absolute Gasteiger partial charge is 0.193 e. The molecule has 1 fully saturated rings. The van der Waals surface area contributed by atoms with Crippen LogP contribution >= 0.6 is 0 Å². The van der Waals surface area contributed by atoms with Gasteiger partial charge in [0.1, 0.15) is 5.82 Å². The van der Waals surface area contributed by atoms with E-state index in [9.17, 15) is 12.8 Å². The third-order valence-electron chi connectivity index (χ3n) is 4.70. The van der Waals surface area contributed by atoms with Gasteiger partial charge in [-0.3, -0.25) is 4.99 Å². The maximum Gasteiger partial charge on any atom is 0.193 e. The van der Waals surface area contributed by atoms with Gasteiger partial charge in [-0.05, 0) is 38.6 Å². The Kier molecular flexibility index (Phi) is 6.63. The van der Waals surface area contributed by atoms with Crippen LogP contribution in [0.25, 0.3) is 0 Å². The van der Waals surface area contributed by atoms with Crippen molar-refractivity contribution in [2.24, 2.45) is 4.99 Å². The number of hydrogen-bond donors (Lipinski definition) is 1. The summed E-state index contributed by atoms with van der Waals surface area (Å²) in [5, 5.41) is 3.31. The number of benzene rings is 1. The van der Waals surface area contributed by atoms with Gasteiger partial charge in [-0.15, -0.1) is 0 Å². The second-order valence-corrected chi connectivity index (χ2v) is 10.1. The van der Waals surface area contributed by atoms with Gasteiger partial charge >= 0.3 is 0 Å². The third kappa shape index (κ3) is 5.17. The summed E-state index contributed by atoms with van der Waals surface area (Å²) in [6, 6.07) is 6.51. The van der Waals surface area contributed by atoms with Crippen LogP contribution in [0.5, 0.6) is 0 Å². The average Bonchev–Trinajstić information content (AvgIpc) is 2.56. The summed E-state index contributed by atoms with van der Waals surface area (Å²) in [7, 11) is 0.647. The Morgan fingerprint density at radius 3 is 2.58 bits per heavy atom. The highest BCUT2D eigenvalue weighted by Crippen LogP contribution is 2.23. The van der Waals surface area contributed by atoms with Crippen molar-refractivity contribution < 1.29 is 12.8 Å². The Bertz CT molecular complexity index is 732. The molecule has 1 N–H and O–H groups in total. The van der Waals surface area contributed by atoms with Crippen LogP contribution in [0.2, 0.25) is 0 Å². The molecule has 1 heterocycles. The quantitative estimate of drug-likeness (QED) is 0.613. The minimum absolute atomic E-state index is 0.144. The van der Waals surface area contributed by atoms with Gasteiger partial charge in [0.25, 0.3) is 0 Å². The number of rotatable bonds is 5. The predicted molar refractivity (Wildman–Crippen MR) is 104 cm³/mol. The van der Waals surface area contributed by atoms with Crippen LogP contribution < -0.4 is 5.32 Å². The van der Waals surface area contributed by atoms with Gasteiger partial charge < -0.3 is 15.1 Å². The van der Waals surface area contributed by atoms with Crippen molar-refractivity contribution in [3.05, 3.63) is 35.6 Å². The highest BCUT2D eigenvalue weighted by atomic mass is 32.2. The molecule has 1 saturated heterocycles. The van der Waals surface area contributed by atoms with Crippen molar-refractivity contribution in [3.63, 3.8) is 0 Å². The molecule has 1 aromatic rings.